The molecule has 0 saturated carbocycles. The van der Waals surface area contributed by atoms with Gasteiger partial charge in [0.15, 0.2) is 0 Å². The lowest BCUT2D eigenvalue weighted by Crippen LogP contribution is -2.20. The molecule has 0 amide bonds. The summed E-state index contributed by atoms with van der Waals surface area (Å²) in [5.41, 5.74) is 2.46. The molecule has 0 aromatic carbocycles. The van der Waals surface area contributed by atoms with Gasteiger partial charge in [-0.3, -0.25) is 4.98 Å². The van der Waals surface area contributed by atoms with Crippen LogP contribution in [0.25, 0.3) is 0 Å². The molecule has 76 valence electrons. The Labute approximate surface area is 86.1 Å². The number of nitrogens with zero attached hydrogens (tertiary/aromatic N) is 1. The standard InChI is InChI=1S/C12H18N2/c1-4-10(2)8-14-11(3)12-6-5-7-13-9-12/h5-7,9,11,14H,2,4,8H2,1,3H3. The lowest BCUT2D eigenvalue weighted by Gasteiger charge is -2.14. The summed E-state index contributed by atoms with van der Waals surface area (Å²) in [5, 5.41) is 3.41. The van der Waals surface area contributed by atoms with Crippen LogP contribution >= 0.6 is 0 Å². The Morgan fingerprint density at radius 3 is 3.00 bits per heavy atom. The van der Waals surface area contributed by atoms with Crippen LogP contribution in [0.2, 0.25) is 0 Å². The molecule has 1 N–H and O–H groups in total. The SMILES string of the molecule is C=C(CC)CNC(C)c1cccnc1. The second-order valence-electron chi connectivity index (χ2n) is 3.49. The van der Waals surface area contributed by atoms with E-state index in [-0.39, 0.29) is 0 Å². The van der Waals surface area contributed by atoms with Crippen molar-refractivity contribution in [3.63, 3.8) is 0 Å². The van der Waals surface area contributed by atoms with Crippen LogP contribution in [0.4, 0.5) is 0 Å². The first-order chi connectivity index (χ1) is 6.74. The second-order valence-corrected chi connectivity index (χ2v) is 3.49. The molecule has 1 unspecified atom stereocenters. The van der Waals surface area contributed by atoms with Crippen molar-refractivity contribution in [1.29, 1.82) is 0 Å². The lowest BCUT2D eigenvalue weighted by molar-refractivity contribution is 0.600. The van der Waals surface area contributed by atoms with Gasteiger partial charge in [-0.15, -0.1) is 0 Å². The summed E-state index contributed by atoms with van der Waals surface area (Å²) in [7, 11) is 0. The zero-order valence-corrected chi connectivity index (χ0v) is 8.96. The van der Waals surface area contributed by atoms with E-state index in [4.69, 9.17) is 0 Å². The van der Waals surface area contributed by atoms with Crippen molar-refractivity contribution in [2.75, 3.05) is 6.54 Å². The van der Waals surface area contributed by atoms with Gasteiger partial charge >= 0.3 is 0 Å². The Morgan fingerprint density at radius 1 is 1.64 bits per heavy atom. The first kappa shape index (κ1) is 10.9. The summed E-state index contributed by atoms with van der Waals surface area (Å²) in [6, 6.07) is 4.38. The summed E-state index contributed by atoms with van der Waals surface area (Å²) < 4.78 is 0. The Balaban J connectivity index is 2.43. The zero-order valence-electron chi connectivity index (χ0n) is 8.96. The lowest BCUT2D eigenvalue weighted by atomic mass is 10.1. The van der Waals surface area contributed by atoms with Gasteiger partial charge in [-0.05, 0) is 25.0 Å². The molecule has 1 atom stereocenters. The van der Waals surface area contributed by atoms with Crippen LogP contribution in [0.15, 0.2) is 36.7 Å². The van der Waals surface area contributed by atoms with Gasteiger partial charge in [0.25, 0.3) is 0 Å². The number of hydrogen-bond donors (Lipinski definition) is 1. The molecule has 1 heterocycles. The molecule has 1 aromatic heterocycles. The van der Waals surface area contributed by atoms with Crippen LogP contribution in [0.3, 0.4) is 0 Å². The van der Waals surface area contributed by atoms with E-state index >= 15 is 0 Å². The summed E-state index contributed by atoms with van der Waals surface area (Å²) >= 11 is 0. The number of pyridine rings is 1. The highest BCUT2D eigenvalue weighted by atomic mass is 14.9. The maximum atomic E-state index is 4.09. The summed E-state index contributed by atoms with van der Waals surface area (Å²) in [6.07, 6.45) is 4.72. The third-order valence-electron chi connectivity index (χ3n) is 2.34. The van der Waals surface area contributed by atoms with Crippen molar-refractivity contribution in [3.05, 3.63) is 42.2 Å². The topological polar surface area (TPSA) is 24.9 Å². The van der Waals surface area contributed by atoms with E-state index in [1.807, 2.05) is 12.3 Å². The molecule has 0 aliphatic carbocycles. The minimum atomic E-state index is 0.340. The average Bonchev–Trinajstić information content (AvgIpc) is 2.26. The van der Waals surface area contributed by atoms with Gasteiger partial charge in [0, 0.05) is 25.0 Å². The molecule has 0 aliphatic heterocycles. The monoisotopic (exact) mass is 190 g/mol. The van der Waals surface area contributed by atoms with Crippen molar-refractivity contribution < 1.29 is 0 Å². The van der Waals surface area contributed by atoms with Crippen LogP contribution in [0.1, 0.15) is 31.9 Å². The molecule has 0 radical (unpaired) electrons. The zero-order chi connectivity index (χ0) is 10.4. The highest BCUT2D eigenvalue weighted by molar-refractivity contribution is 5.13. The fourth-order valence-corrected chi connectivity index (χ4v) is 1.17. The first-order valence-electron chi connectivity index (χ1n) is 5.04. The Morgan fingerprint density at radius 2 is 2.43 bits per heavy atom. The van der Waals surface area contributed by atoms with E-state index in [9.17, 15) is 0 Å². The van der Waals surface area contributed by atoms with E-state index in [2.05, 4.69) is 36.8 Å². The molecule has 0 aliphatic rings. The fourth-order valence-electron chi connectivity index (χ4n) is 1.17. The van der Waals surface area contributed by atoms with Crippen LogP contribution < -0.4 is 5.32 Å². The molecule has 14 heavy (non-hydrogen) atoms. The van der Waals surface area contributed by atoms with Crippen LogP contribution in [0, 0.1) is 0 Å². The van der Waals surface area contributed by atoms with Gasteiger partial charge in [0.05, 0.1) is 0 Å². The number of aromatic nitrogens is 1. The van der Waals surface area contributed by atoms with Gasteiger partial charge in [-0.25, -0.2) is 0 Å². The van der Waals surface area contributed by atoms with Gasteiger partial charge in [0.2, 0.25) is 0 Å². The predicted octanol–water partition coefficient (Wildman–Crippen LogP) is 2.70. The van der Waals surface area contributed by atoms with Crippen molar-refractivity contribution >= 4 is 0 Å². The minimum absolute atomic E-state index is 0.340. The maximum Gasteiger partial charge on any atom is 0.0315 e. The van der Waals surface area contributed by atoms with E-state index in [1.165, 1.54) is 11.1 Å². The van der Waals surface area contributed by atoms with E-state index in [0.717, 1.165) is 13.0 Å². The van der Waals surface area contributed by atoms with Gasteiger partial charge in [-0.2, -0.15) is 0 Å². The number of hydrogen-bond acceptors (Lipinski definition) is 2. The van der Waals surface area contributed by atoms with Gasteiger partial charge in [0.1, 0.15) is 0 Å². The Bertz CT molecular complexity index is 280. The highest BCUT2D eigenvalue weighted by Crippen LogP contribution is 2.10. The fraction of sp³-hybridized carbons (Fsp3) is 0.417. The van der Waals surface area contributed by atoms with Crippen LogP contribution in [0.5, 0.6) is 0 Å². The van der Waals surface area contributed by atoms with E-state index in [0.29, 0.717) is 6.04 Å². The molecular weight excluding hydrogens is 172 g/mol. The molecule has 1 rings (SSSR count). The maximum absolute atomic E-state index is 4.09. The average molecular weight is 190 g/mol. The molecule has 1 aromatic rings. The number of nitrogens with one attached hydrogen (secondary N) is 1. The van der Waals surface area contributed by atoms with Crippen LogP contribution in [-0.4, -0.2) is 11.5 Å². The van der Waals surface area contributed by atoms with Crippen molar-refractivity contribution in [3.8, 4) is 0 Å². The molecule has 0 spiro atoms. The molecule has 2 nitrogen and oxygen atoms in total. The third kappa shape index (κ3) is 3.30. The Hall–Kier alpha value is -1.15. The normalized spacial score (nSPS) is 12.4. The molecule has 0 bridgehead atoms. The Kier molecular flexibility index (Phi) is 4.33. The second kappa shape index (κ2) is 5.55. The quantitative estimate of drug-likeness (QED) is 0.722. The van der Waals surface area contributed by atoms with Gasteiger partial charge < -0.3 is 5.32 Å². The predicted molar refractivity (Wildman–Crippen MR) is 60.1 cm³/mol. The molecule has 0 fully saturated rings. The van der Waals surface area contributed by atoms with Crippen molar-refractivity contribution in [2.24, 2.45) is 0 Å². The smallest absolute Gasteiger partial charge is 0.0315 e. The first-order valence-corrected chi connectivity index (χ1v) is 5.04. The summed E-state index contributed by atoms with van der Waals surface area (Å²) in [6.45, 7) is 9.10. The van der Waals surface area contributed by atoms with E-state index < -0.39 is 0 Å². The van der Waals surface area contributed by atoms with E-state index in [1.54, 1.807) is 6.20 Å². The summed E-state index contributed by atoms with van der Waals surface area (Å²) in [5.74, 6) is 0. The van der Waals surface area contributed by atoms with Crippen molar-refractivity contribution in [2.45, 2.75) is 26.3 Å². The summed E-state index contributed by atoms with van der Waals surface area (Å²) in [4.78, 5) is 4.09. The molecular formula is C12H18N2. The van der Waals surface area contributed by atoms with Gasteiger partial charge in [-0.1, -0.05) is 25.1 Å². The minimum Gasteiger partial charge on any atom is -0.306 e. The van der Waals surface area contributed by atoms with Crippen molar-refractivity contribution in [1.82, 2.24) is 10.3 Å². The molecule has 2 heteroatoms. The highest BCUT2D eigenvalue weighted by Gasteiger charge is 2.03. The molecule has 0 saturated heterocycles. The van der Waals surface area contributed by atoms with Crippen LogP contribution in [-0.2, 0) is 0 Å². The third-order valence-corrected chi connectivity index (χ3v) is 2.34. The number of rotatable bonds is 5. The largest absolute Gasteiger partial charge is 0.306 e.